The van der Waals surface area contributed by atoms with E-state index >= 15 is 0 Å². The zero-order valence-electron chi connectivity index (χ0n) is 15.0. The van der Waals surface area contributed by atoms with Crippen molar-refractivity contribution in [2.75, 3.05) is 6.61 Å². The lowest BCUT2D eigenvalue weighted by Gasteiger charge is -2.61. The van der Waals surface area contributed by atoms with Crippen molar-refractivity contribution in [3.8, 4) is 0 Å². The fraction of sp³-hybridized carbons (Fsp3) is 0.850. The summed E-state index contributed by atoms with van der Waals surface area (Å²) in [6.07, 6.45) is 4.86. The Balaban J connectivity index is 1.63. The number of ether oxygens (including phenoxy) is 1. The van der Waals surface area contributed by atoms with Crippen molar-refractivity contribution in [1.82, 2.24) is 0 Å². The normalized spacial score (nSPS) is 56.2. The maximum Gasteiger partial charge on any atom is 0.335 e. The van der Waals surface area contributed by atoms with Gasteiger partial charge in [0, 0.05) is 6.42 Å². The summed E-state index contributed by atoms with van der Waals surface area (Å²) in [5.74, 6) is 0.216. The average Bonchev–Trinajstić information content (AvgIpc) is 3.08. The molecule has 7 atom stereocenters. The highest BCUT2D eigenvalue weighted by molar-refractivity contribution is 5.78. The quantitative estimate of drug-likeness (QED) is 0.678. The smallest absolute Gasteiger partial charge is 0.335 e. The van der Waals surface area contributed by atoms with Crippen LogP contribution in [0.5, 0.6) is 0 Å². The van der Waals surface area contributed by atoms with Gasteiger partial charge in [0.25, 0.3) is 0 Å². The van der Waals surface area contributed by atoms with E-state index in [1.54, 1.807) is 0 Å². The highest BCUT2D eigenvalue weighted by Gasteiger charge is 2.72. The minimum absolute atomic E-state index is 0.0489. The van der Waals surface area contributed by atoms with Gasteiger partial charge < -0.3 is 20.1 Å². The molecule has 0 amide bonds. The van der Waals surface area contributed by atoms with Crippen LogP contribution in [-0.2, 0) is 9.53 Å². The molecule has 5 aliphatic rings. The molecular formula is C20H28O5. The van der Waals surface area contributed by atoms with Gasteiger partial charge in [-0.3, -0.25) is 0 Å². The number of carboxylic acids is 1. The molecule has 0 aromatic carbocycles. The van der Waals surface area contributed by atoms with Gasteiger partial charge in [-0.25, -0.2) is 4.79 Å². The zero-order chi connectivity index (χ0) is 17.8. The van der Waals surface area contributed by atoms with E-state index in [1.807, 2.05) is 0 Å². The van der Waals surface area contributed by atoms with Gasteiger partial charge >= 0.3 is 5.97 Å². The molecule has 25 heavy (non-hydrogen) atoms. The first kappa shape index (κ1) is 16.1. The van der Waals surface area contributed by atoms with E-state index in [1.165, 1.54) is 5.57 Å². The first-order valence-corrected chi connectivity index (χ1v) is 9.68. The first-order valence-electron chi connectivity index (χ1n) is 9.68. The molecule has 3 fully saturated rings. The van der Waals surface area contributed by atoms with E-state index in [2.05, 4.69) is 13.8 Å². The molecule has 7 unspecified atom stereocenters. The number of aliphatic carboxylic acids is 1. The Morgan fingerprint density at radius 1 is 1.20 bits per heavy atom. The Morgan fingerprint density at radius 2 is 1.96 bits per heavy atom. The molecule has 5 nitrogen and oxygen atoms in total. The summed E-state index contributed by atoms with van der Waals surface area (Å²) in [6.45, 7) is 5.04. The van der Waals surface area contributed by atoms with Crippen molar-refractivity contribution in [2.45, 2.75) is 70.5 Å². The number of hydrogen-bond acceptors (Lipinski definition) is 4. The highest BCUT2D eigenvalue weighted by Crippen LogP contribution is 2.76. The van der Waals surface area contributed by atoms with Gasteiger partial charge in [-0.1, -0.05) is 6.92 Å². The summed E-state index contributed by atoms with van der Waals surface area (Å²) in [4.78, 5) is 11.7. The van der Waals surface area contributed by atoms with Crippen LogP contribution in [-0.4, -0.2) is 39.6 Å². The van der Waals surface area contributed by atoms with E-state index in [0.29, 0.717) is 18.9 Å². The molecule has 138 valence electrons. The van der Waals surface area contributed by atoms with Gasteiger partial charge in [0.15, 0.2) is 5.60 Å². The Kier molecular flexibility index (Phi) is 2.85. The fourth-order valence-electron chi connectivity index (χ4n) is 7.71. The molecule has 3 N–H and O–H groups in total. The van der Waals surface area contributed by atoms with Crippen molar-refractivity contribution in [1.29, 1.82) is 0 Å². The van der Waals surface area contributed by atoms with Gasteiger partial charge in [0.05, 0.1) is 23.9 Å². The van der Waals surface area contributed by atoms with Crippen LogP contribution in [0.15, 0.2) is 11.3 Å². The third-order valence-electron chi connectivity index (χ3n) is 9.09. The number of carbonyl (C=O) groups is 1. The van der Waals surface area contributed by atoms with Gasteiger partial charge in [0.1, 0.15) is 0 Å². The number of allylic oxidation sites excluding steroid dienone is 1. The largest absolute Gasteiger partial charge is 0.497 e. The third kappa shape index (κ3) is 1.57. The Bertz CT molecular complexity index is 700. The maximum absolute atomic E-state index is 11.7. The second kappa shape index (κ2) is 4.42. The molecule has 0 aromatic heterocycles. The molecule has 4 aliphatic carbocycles. The van der Waals surface area contributed by atoms with Crippen molar-refractivity contribution in [2.24, 2.45) is 28.1 Å². The molecule has 1 heterocycles. The minimum Gasteiger partial charge on any atom is -0.497 e. The van der Waals surface area contributed by atoms with Crippen LogP contribution in [0.3, 0.4) is 0 Å². The van der Waals surface area contributed by atoms with Crippen LogP contribution in [0, 0.1) is 28.1 Å². The highest BCUT2D eigenvalue weighted by atomic mass is 16.5. The summed E-state index contributed by atoms with van der Waals surface area (Å²) >= 11 is 0. The van der Waals surface area contributed by atoms with Crippen LogP contribution in [0.25, 0.3) is 0 Å². The van der Waals surface area contributed by atoms with E-state index in [9.17, 15) is 20.1 Å². The van der Waals surface area contributed by atoms with Crippen LogP contribution in [0.4, 0.5) is 0 Å². The lowest BCUT2D eigenvalue weighted by atomic mass is 9.42. The summed E-state index contributed by atoms with van der Waals surface area (Å²) in [7, 11) is 0. The number of hydrogen-bond donors (Lipinski definition) is 3. The fourth-order valence-corrected chi connectivity index (χ4v) is 7.71. The van der Waals surface area contributed by atoms with Crippen LogP contribution in [0.1, 0.15) is 58.8 Å². The van der Waals surface area contributed by atoms with Gasteiger partial charge in [-0.2, -0.15) is 0 Å². The third-order valence-corrected chi connectivity index (χ3v) is 9.09. The molecule has 0 saturated heterocycles. The van der Waals surface area contributed by atoms with E-state index in [0.717, 1.165) is 44.3 Å². The van der Waals surface area contributed by atoms with E-state index in [4.69, 9.17) is 4.74 Å². The molecule has 3 saturated carbocycles. The van der Waals surface area contributed by atoms with Gasteiger partial charge in [-0.15, -0.1) is 0 Å². The number of rotatable bonds is 1. The summed E-state index contributed by atoms with van der Waals surface area (Å²) in [5.41, 5.74) is -0.559. The van der Waals surface area contributed by atoms with Gasteiger partial charge in [-0.05, 0) is 73.7 Å². The molecule has 1 spiro atoms. The Hall–Kier alpha value is -1.07. The van der Waals surface area contributed by atoms with Crippen molar-refractivity contribution < 1.29 is 24.9 Å². The van der Waals surface area contributed by atoms with Crippen molar-refractivity contribution in [3.63, 3.8) is 0 Å². The zero-order valence-corrected chi connectivity index (χ0v) is 15.0. The van der Waals surface area contributed by atoms with Crippen LogP contribution < -0.4 is 0 Å². The lowest BCUT2D eigenvalue weighted by Crippen LogP contribution is -2.58. The Morgan fingerprint density at radius 3 is 2.68 bits per heavy atom. The average molecular weight is 348 g/mol. The molecule has 1 aliphatic heterocycles. The van der Waals surface area contributed by atoms with Crippen LogP contribution in [0.2, 0.25) is 0 Å². The number of aliphatic hydroxyl groups excluding tert-OH is 1. The topological polar surface area (TPSA) is 87.0 Å². The predicted octanol–water partition coefficient (Wildman–Crippen LogP) is 2.46. The standard InChI is InChI=1S/C20H28O5/c1-17-10-25-13-8-11-7-12-9-19(11,5-6-20(12,24)16(22)23)18(2,15(13)17)4-3-14(17)21/h11-12,14,21,24H,3-10H2,1-2H3,(H,22,23). The number of fused-ring (bicyclic) bond motifs is 1. The van der Waals surface area contributed by atoms with Crippen molar-refractivity contribution >= 4 is 5.97 Å². The van der Waals surface area contributed by atoms with Gasteiger partial charge in [0.2, 0.25) is 0 Å². The summed E-state index contributed by atoms with van der Waals surface area (Å²) in [5, 5.41) is 31.1. The van der Waals surface area contributed by atoms with Crippen LogP contribution >= 0.6 is 0 Å². The maximum atomic E-state index is 11.7. The van der Waals surface area contributed by atoms with E-state index in [-0.39, 0.29) is 28.3 Å². The first-order chi connectivity index (χ1) is 11.7. The second-order valence-corrected chi connectivity index (χ2v) is 9.81. The minimum atomic E-state index is -1.57. The molecular weight excluding hydrogens is 320 g/mol. The molecule has 5 heteroatoms. The number of carboxylic acid groups (broad SMARTS) is 1. The summed E-state index contributed by atoms with van der Waals surface area (Å²) in [6, 6.07) is 0. The number of aliphatic hydroxyl groups is 2. The molecule has 2 bridgehead atoms. The summed E-state index contributed by atoms with van der Waals surface area (Å²) < 4.78 is 6.10. The SMILES string of the molecule is CC12COC3=C1C(C)(CCC2O)C12CCC(O)(C(=O)O)C(CC1C3)C2. The predicted molar refractivity (Wildman–Crippen MR) is 89.5 cm³/mol. The van der Waals surface area contributed by atoms with Crippen molar-refractivity contribution in [3.05, 3.63) is 11.3 Å². The second-order valence-electron chi connectivity index (χ2n) is 9.81. The Labute approximate surface area is 148 Å². The van der Waals surface area contributed by atoms with E-state index < -0.39 is 11.6 Å². The molecule has 0 aromatic rings. The lowest BCUT2D eigenvalue weighted by molar-refractivity contribution is -0.173. The molecule has 0 radical (unpaired) electrons. The molecule has 5 rings (SSSR count). The monoisotopic (exact) mass is 348 g/mol.